The predicted molar refractivity (Wildman–Crippen MR) is 124 cm³/mol. The van der Waals surface area contributed by atoms with E-state index in [1.165, 1.54) is 7.11 Å². The molecule has 1 saturated heterocycles. The Morgan fingerprint density at radius 1 is 1.22 bits per heavy atom. The number of hydrogen-bond donors (Lipinski definition) is 2. The summed E-state index contributed by atoms with van der Waals surface area (Å²) < 4.78 is 5.08. The molecule has 178 valence electrons. The van der Waals surface area contributed by atoms with Crippen molar-refractivity contribution in [2.45, 2.75) is 58.2 Å². The lowest BCUT2D eigenvalue weighted by molar-refractivity contribution is -0.141. The summed E-state index contributed by atoms with van der Waals surface area (Å²) in [4.78, 5) is 41.8. The van der Waals surface area contributed by atoms with Crippen LogP contribution in [-0.4, -0.2) is 79.0 Å². The molecule has 1 aromatic carbocycles. The third-order valence-electron chi connectivity index (χ3n) is 5.87. The SMILES string of the molecule is COCC(=O)N(CCc1ccccc1)C[C@@H]1CCCN1C(=O)[C@@H](NC(=O)[C@H](C)N)C(C)C. The number of benzene rings is 1. The first-order valence-corrected chi connectivity index (χ1v) is 11.4. The van der Waals surface area contributed by atoms with E-state index in [2.05, 4.69) is 5.32 Å². The third-order valence-corrected chi connectivity index (χ3v) is 5.87. The molecule has 2 rings (SSSR count). The standard InChI is InChI=1S/C24H38N4O4/c1-17(2)22(26-23(30)18(3)25)24(31)28-13-8-11-20(28)15-27(21(29)16-32-4)14-12-19-9-6-5-7-10-19/h5-7,9-10,17-18,20,22H,8,11-16,25H2,1-4H3,(H,26,30)/t18-,20-,22-/m0/s1. The monoisotopic (exact) mass is 446 g/mol. The molecular weight excluding hydrogens is 408 g/mol. The van der Waals surface area contributed by atoms with Crippen LogP contribution in [-0.2, 0) is 25.5 Å². The average molecular weight is 447 g/mol. The Morgan fingerprint density at radius 3 is 2.50 bits per heavy atom. The van der Waals surface area contributed by atoms with Crippen molar-refractivity contribution in [3.8, 4) is 0 Å². The van der Waals surface area contributed by atoms with Gasteiger partial charge in [-0.05, 0) is 37.7 Å². The number of nitrogens with two attached hydrogens (primary N) is 1. The maximum absolute atomic E-state index is 13.4. The van der Waals surface area contributed by atoms with E-state index in [9.17, 15) is 14.4 Å². The first kappa shape index (κ1) is 25.8. The molecule has 8 heteroatoms. The van der Waals surface area contributed by atoms with E-state index in [1.54, 1.807) is 11.8 Å². The van der Waals surface area contributed by atoms with Crippen LogP contribution in [0.25, 0.3) is 0 Å². The van der Waals surface area contributed by atoms with Gasteiger partial charge < -0.3 is 25.6 Å². The van der Waals surface area contributed by atoms with Gasteiger partial charge in [0, 0.05) is 32.8 Å². The molecule has 0 aromatic heterocycles. The minimum absolute atomic E-state index is 0.00845. The van der Waals surface area contributed by atoms with Gasteiger partial charge in [-0.25, -0.2) is 0 Å². The minimum atomic E-state index is -0.682. The molecule has 1 aliphatic rings. The summed E-state index contributed by atoms with van der Waals surface area (Å²) in [6, 6.07) is 8.60. The van der Waals surface area contributed by atoms with Gasteiger partial charge in [-0.15, -0.1) is 0 Å². The molecular formula is C24H38N4O4. The first-order chi connectivity index (χ1) is 15.2. The van der Waals surface area contributed by atoms with Gasteiger partial charge in [-0.1, -0.05) is 44.2 Å². The second kappa shape index (κ2) is 12.6. The van der Waals surface area contributed by atoms with Crippen LogP contribution < -0.4 is 11.1 Å². The van der Waals surface area contributed by atoms with E-state index in [4.69, 9.17) is 10.5 Å². The molecule has 1 aliphatic heterocycles. The molecule has 3 amide bonds. The highest BCUT2D eigenvalue weighted by molar-refractivity contribution is 5.90. The number of likely N-dealkylation sites (tertiary alicyclic amines) is 1. The lowest BCUT2D eigenvalue weighted by Gasteiger charge is -2.34. The molecule has 3 N–H and O–H groups in total. The first-order valence-electron chi connectivity index (χ1n) is 11.4. The van der Waals surface area contributed by atoms with Crippen molar-refractivity contribution in [1.29, 1.82) is 0 Å². The summed E-state index contributed by atoms with van der Waals surface area (Å²) in [5.74, 6) is -0.615. The van der Waals surface area contributed by atoms with Gasteiger partial charge in [0.1, 0.15) is 12.6 Å². The Labute approximate surface area is 191 Å². The molecule has 0 saturated carbocycles. The summed E-state index contributed by atoms with van der Waals surface area (Å²) in [7, 11) is 1.51. The fraction of sp³-hybridized carbons (Fsp3) is 0.625. The van der Waals surface area contributed by atoms with Crippen LogP contribution in [0.3, 0.4) is 0 Å². The van der Waals surface area contributed by atoms with E-state index in [-0.39, 0.29) is 36.3 Å². The Morgan fingerprint density at radius 2 is 1.91 bits per heavy atom. The van der Waals surface area contributed by atoms with E-state index < -0.39 is 12.1 Å². The maximum atomic E-state index is 13.4. The second-order valence-electron chi connectivity index (χ2n) is 8.86. The average Bonchev–Trinajstić information content (AvgIpc) is 3.23. The highest BCUT2D eigenvalue weighted by Gasteiger charge is 2.36. The molecule has 0 aliphatic carbocycles. The van der Waals surface area contributed by atoms with Gasteiger partial charge in [-0.3, -0.25) is 14.4 Å². The maximum Gasteiger partial charge on any atom is 0.248 e. The van der Waals surface area contributed by atoms with Gasteiger partial charge in [0.2, 0.25) is 17.7 Å². The molecule has 0 bridgehead atoms. The van der Waals surface area contributed by atoms with Crippen LogP contribution in [0, 0.1) is 5.92 Å². The van der Waals surface area contributed by atoms with Crippen LogP contribution in [0.2, 0.25) is 0 Å². The molecule has 3 atom stereocenters. The number of amides is 3. The summed E-state index contributed by atoms with van der Waals surface area (Å²) in [6.07, 6.45) is 2.42. The normalized spacial score (nSPS) is 17.8. The lowest BCUT2D eigenvalue weighted by atomic mass is 10.0. The van der Waals surface area contributed by atoms with Crippen molar-refractivity contribution < 1.29 is 19.1 Å². The van der Waals surface area contributed by atoms with Crippen molar-refractivity contribution in [2.24, 2.45) is 11.7 Å². The Bertz CT molecular complexity index is 754. The molecule has 32 heavy (non-hydrogen) atoms. The van der Waals surface area contributed by atoms with Crippen LogP contribution in [0.5, 0.6) is 0 Å². The summed E-state index contributed by atoms with van der Waals surface area (Å²) >= 11 is 0. The van der Waals surface area contributed by atoms with Crippen molar-refractivity contribution in [3.05, 3.63) is 35.9 Å². The molecule has 0 spiro atoms. The van der Waals surface area contributed by atoms with Crippen molar-refractivity contribution in [1.82, 2.24) is 15.1 Å². The van der Waals surface area contributed by atoms with Crippen molar-refractivity contribution in [2.75, 3.05) is 33.4 Å². The second-order valence-corrected chi connectivity index (χ2v) is 8.86. The molecule has 8 nitrogen and oxygen atoms in total. The number of carbonyl (C=O) groups excluding carboxylic acids is 3. The lowest BCUT2D eigenvalue weighted by Crippen LogP contribution is -2.56. The summed E-state index contributed by atoms with van der Waals surface area (Å²) in [6.45, 7) is 7.04. The zero-order valence-electron chi connectivity index (χ0n) is 19.8. The molecule has 1 fully saturated rings. The zero-order chi connectivity index (χ0) is 23.7. The fourth-order valence-electron chi connectivity index (χ4n) is 3.99. The van der Waals surface area contributed by atoms with Crippen LogP contribution >= 0.6 is 0 Å². The van der Waals surface area contributed by atoms with Gasteiger partial charge >= 0.3 is 0 Å². The highest BCUT2D eigenvalue weighted by Crippen LogP contribution is 2.21. The summed E-state index contributed by atoms with van der Waals surface area (Å²) in [5, 5.41) is 2.80. The third kappa shape index (κ3) is 7.31. The molecule has 0 radical (unpaired) electrons. The predicted octanol–water partition coefficient (Wildman–Crippen LogP) is 1.18. The minimum Gasteiger partial charge on any atom is -0.375 e. The largest absolute Gasteiger partial charge is 0.375 e. The number of carbonyl (C=O) groups is 3. The fourth-order valence-corrected chi connectivity index (χ4v) is 3.99. The van der Waals surface area contributed by atoms with Gasteiger partial charge in [0.25, 0.3) is 0 Å². The van der Waals surface area contributed by atoms with Crippen molar-refractivity contribution >= 4 is 17.7 Å². The highest BCUT2D eigenvalue weighted by atomic mass is 16.5. The van der Waals surface area contributed by atoms with Gasteiger partial charge in [0.05, 0.1) is 6.04 Å². The molecule has 0 unspecified atom stereocenters. The summed E-state index contributed by atoms with van der Waals surface area (Å²) in [5.41, 5.74) is 6.83. The number of ether oxygens (including phenoxy) is 1. The smallest absolute Gasteiger partial charge is 0.248 e. The number of hydrogen-bond acceptors (Lipinski definition) is 5. The van der Waals surface area contributed by atoms with E-state index in [0.717, 1.165) is 24.8 Å². The van der Waals surface area contributed by atoms with Gasteiger partial charge in [-0.2, -0.15) is 0 Å². The quantitative estimate of drug-likeness (QED) is 0.531. The molecule has 1 heterocycles. The van der Waals surface area contributed by atoms with E-state index in [1.807, 2.05) is 49.1 Å². The Hall–Kier alpha value is -2.45. The number of nitrogens with one attached hydrogen (secondary N) is 1. The number of nitrogens with zero attached hydrogens (tertiary/aromatic N) is 2. The zero-order valence-corrected chi connectivity index (χ0v) is 19.8. The van der Waals surface area contributed by atoms with Crippen LogP contribution in [0.4, 0.5) is 0 Å². The van der Waals surface area contributed by atoms with Crippen LogP contribution in [0.1, 0.15) is 39.2 Å². The number of methoxy groups -OCH3 is 1. The van der Waals surface area contributed by atoms with E-state index in [0.29, 0.717) is 19.6 Å². The number of rotatable bonds is 11. The van der Waals surface area contributed by atoms with E-state index >= 15 is 0 Å². The Kier molecular flexibility index (Phi) is 10.1. The van der Waals surface area contributed by atoms with Crippen molar-refractivity contribution in [3.63, 3.8) is 0 Å². The van der Waals surface area contributed by atoms with Gasteiger partial charge in [0.15, 0.2) is 0 Å². The topological polar surface area (TPSA) is 105 Å². The Balaban J connectivity index is 2.10. The van der Waals surface area contributed by atoms with Crippen LogP contribution in [0.15, 0.2) is 30.3 Å². The molecule has 1 aromatic rings.